The molecule has 2 aromatic rings. The molecule has 1 atom stereocenters. The summed E-state index contributed by atoms with van der Waals surface area (Å²) in [6, 6.07) is 11.8. The molecule has 1 aromatic carbocycles. The fourth-order valence-corrected chi connectivity index (χ4v) is 3.18. The van der Waals surface area contributed by atoms with Crippen molar-refractivity contribution in [3.8, 4) is 17.6 Å². The predicted octanol–water partition coefficient (Wildman–Crippen LogP) is 1.80. The molecule has 0 saturated carbocycles. The Bertz CT molecular complexity index is 749. The molecule has 0 saturated heterocycles. The van der Waals surface area contributed by atoms with Crippen molar-refractivity contribution in [3.05, 3.63) is 41.7 Å². The standard InChI is InChI=1S/C17H18N4O2/c18-9-13-8-14-10-20(6-3-7-21(14)19-13)11-15-12-22-16-4-1-2-5-17(16)23-15/h1-2,4-5,8,15H,3,6-7,10-12H2/t15-/m1/s1. The fourth-order valence-electron chi connectivity index (χ4n) is 3.18. The van der Waals surface area contributed by atoms with Crippen LogP contribution in [0.1, 0.15) is 17.8 Å². The molecular formula is C17H18N4O2. The lowest BCUT2D eigenvalue weighted by Gasteiger charge is -2.30. The van der Waals surface area contributed by atoms with E-state index < -0.39 is 0 Å². The monoisotopic (exact) mass is 310 g/mol. The van der Waals surface area contributed by atoms with E-state index in [0.29, 0.717) is 12.3 Å². The summed E-state index contributed by atoms with van der Waals surface area (Å²) in [6.45, 7) is 4.01. The van der Waals surface area contributed by atoms with Gasteiger partial charge in [-0.15, -0.1) is 0 Å². The van der Waals surface area contributed by atoms with Gasteiger partial charge < -0.3 is 9.47 Å². The van der Waals surface area contributed by atoms with E-state index in [1.54, 1.807) is 0 Å². The summed E-state index contributed by atoms with van der Waals surface area (Å²) in [6.07, 6.45) is 1.04. The third-order valence-electron chi connectivity index (χ3n) is 4.24. The number of ether oxygens (including phenoxy) is 2. The molecular weight excluding hydrogens is 292 g/mol. The molecule has 118 valence electrons. The molecule has 0 fully saturated rings. The molecule has 2 aliphatic rings. The first kappa shape index (κ1) is 14.1. The third kappa shape index (κ3) is 2.88. The lowest BCUT2D eigenvalue weighted by atomic mass is 10.2. The maximum Gasteiger partial charge on any atom is 0.162 e. The Hall–Kier alpha value is -2.52. The molecule has 1 aromatic heterocycles. The average molecular weight is 310 g/mol. The first-order valence-electron chi connectivity index (χ1n) is 7.89. The van der Waals surface area contributed by atoms with E-state index in [4.69, 9.17) is 14.7 Å². The van der Waals surface area contributed by atoms with Gasteiger partial charge in [0.2, 0.25) is 0 Å². The van der Waals surface area contributed by atoms with E-state index in [0.717, 1.165) is 49.8 Å². The summed E-state index contributed by atoms with van der Waals surface area (Å²) in [5.41, 5.74) is 1.59. The van der Waals surface area contributed by atoms with Crippen LogP contribution in [0, 0.1) is 11.3 Å². The molecule has 6 heteroatoms. The van der Waals surface area contributed by atoms with Crippen molar-refractivity contribution >= 4 is 0 Å². The summed E-state index contributed by atoms with van der Waals surface area (Å²) in [4.78, 5) is 2.35. The molecule has 0 radical (unpaired) electrons. The van der Waals surface area contributed by atoms with Crippen LogP contribution in [0.25, 0.3) is 0 Å². The van der Waals surface area contributed by atoms with Gasteiger partial charge in [0.25, 0.3) is 0 Å². The minimum absolute atomic E-state index is 0.0230. The van der Waals surface area contributed by atoms with Gasteiger partial charge in [0.15, 0.2) is 17.2 Å². The summed E-state index contributed by atoms with van der Waals surface area (Å²) < 4.78 is 13.8. The number of rotatable bonds is 2. The molecule has 0 N–H and O–H groups in total. The number of hydrogen-bond donors (Lipinski definition) is 0. The number of aromatic nitrogens is 2. The summed E-state index contributed by atoms with van der Waals surface area (Å²) in [7, 11) is 0. The molecule has 23 heavy (non-hydrogen) atoms. The summed E-state index contributed by atoms with van der Waals surface area (Å²) in [5.74, 6) is 1.63. The minimum atomic E-state index is 0.0230. The molecule has 0 bridgehead atoms. The number of nitriles is 1. The Balaban J connectivity index is 1.44. The van der Waals surface area contributed by atoms with E-state index >= 15 is 0 Å². The Labute approximate surface area is 134 Å². The Morgan fingerprint density at radius 1 is 1.26 bits per heavy atom. The zero-order valence-corrected chi connectivity index (χ0v) is 12.8. The van der Waals surface area contributed by atoms with Crippen LogP contribution in [-0.2, 0) is 13.1 Å². The van der Waals surface area contributed by atoms with Gasteiger partial charge in [-0.3, -0.25) is 9.58 Å². The average Bonchev–Trinajstić information content (AvgIpc) is 2.87. The second-order valence-corrected chi connectivity index (χ2v) is 5.94. The van der Waals surface area contributed by atoms with Gasteiger partial charge >= 0.3 is 0 Å². The quantitative estimate of drug-likeness (QED) is 0.846. The maximum absolute atomic E-state index is 9.00. The number of nitrogens with zero attached hydrogens (tertiary/aromatic N) is 4. The highest BCUT2D eigenvalue weighted by atomic mass is 16.6. The Kier molecular flexibility index (Phi) is 3.64. The highest BCUT2D eigenvalue weighted by Gasteiger charge is 2.25. The first-order chi connectivity index (χ1) is 11.3. The van der Waals surface area contributed by atoms with Gasteiger partial charge in [-0.2, -0.15) is 10.4 Å². The second kappa shape index (κ2) is 5.94. The normalized spacial score (nSPS) is 20.4. The molecule has 0 spiro atoms. The number of benzene rings is 1. The lowest BCUT2D eigenvalue weighted by molar-refractivity contribution is 0.0569. The highest BCUT2D eigenvalue weighted by Crippen LogP contribution is 2.31. The van der Waals surface area contributed by atoms with Gasteiger partial charge in [0, 0.05) is 26.2 Å². The van der Waals surface area contributed by atoms with Crippen LogP contribution in [0.5, 0.6) is 11.5 Å². The number of para-hydroxylation sites is 2. The van der Waals surface area contributed by atoms with Crippen molar-refractivity contribution in [1.82, 2.24) is 14.7 Å². The van der Waals surface area contributed by atoms with Crippen LogP contribution in [0.15, 0.2) is 30.3 Å². The summed E-state index contributed by atoms with van der Waals surface area (Å²) in [5, 5.41) is 13.3. The zero-order valence-electron chi connectivity index (χ0n) is 12.8. The van der Waals surface area contributed by atoms with Crippen molar-refractivity contribution in [2.45, 2.75) is 25.6 Å². The van der Waals surface area contributed by atoms with Crippen LogP contribution in [0.2, 0.25) is 0 Å². The Morgan fingerprint density at radius 2 is 2.13 bits per heavy atom. The van der Waals surface area contributed by atoms with Crippen molar-refractivity contribution in [3.63, 3.8) is 0 Å². The summed E-state index contributed by atoms with van der Waals surface area (Å²) >= 11 is 0. The van der Waals surface area contributed by atoms with Crippen LogP contribution in [-0.4, -0.2) is 40.5 Å². The van der Waals surface area contributed by atoms with E-state index in [9.17, 15) is 0 Å². The molecule has 4 rings (SSSR count). The number of fused-ring (bicyclic) bond motifs is 2. The smallest absolute Gasteiger partial charge is 0.162 e. The topological polar surface area (TPSA) is 63.3 Å². The van der Waals surface area contributed by atoms with E-state index in [1.165, 1.54) is 0 Å². The minimum Gasteiger partial charge on any atom is -0.486 e. The van der Waals surface area contributed by atoms with Crippen molar-refractivity contribution in [2.24, 2.45) is 0 Å². The van der Waals surface area contributed by atoms with E-state index in [1.807, 2.05) is 35.0 Å². The largest absolute Gasteiger partial charge is 0.486 e. The van der Waals surface area contributed by atoms with E-state index in [-0.39, 0.29) is 6.10 Å². The van der Waals surface area contributed by atoms with Gasteiger partial charge in [-0.25, -0.2) is 0 Å². The van der Waals surface area contributed by atoms with Crippen LogP contribution < -0.4 is 9.47 Å². The zero-order chi connectivity index (χ0) is 15.6. The first-order valence-corrected chi connectivity index (χ1v) is 7.89. The number of hydrogen-bond acceptors (Lipinski definition) is 5. The van der Waals surface area contributed by atoms with Crippen LogP contribution in [0.4, 0.5) is 0 Å². The van der Waals surface area contributed by atoms with E-state index in [2.05, 4.69) is 16.1 Å². The predicted molar refractivity (Wildman–Crippen MR) is 83.2 cm³/mol. The highest BCUT2D eigenvalue weighted by molar-refractivity contribution is 5.40. The maximum atomic E-state index is 9.00. The van der Waals surface area contributed by atoms with Gasteiger partial charge in [0.1, 0.15) is 18.8 Å². The van der Waals surface area contributed by atoms with Crippen molar-refractivity contribution in [2.75, 3.05) is 19.7 Å². The SMILES string of the molecule is N#Cc1cc2n(n1)CCCN(C[C@@H]1COc3ccccc3O1)C2. The molecule has 6 nitrogen and oxygen atoms in total. The van der Waals surface area contributed by atoms with Crippen LogP contribution in [0.3, 0.4) is 0 Å². The van der Waals surface area contributed by atoms with Crippen LogP contribution >= 0.6 is 0 Å². The van der Waals surface area contributed by atoms with Gasteiger partial charge in [-0.1, -0.05) is 12.1 Å². The molecule has 2 aliphatic heterocycles. The lowest BCUT2D eigenvalue weighted by Crippen LogP contribution is -2.40. The Morgan fingerprint density at radius 3 is 3.00 bits per heavy atom. The third-order valence-corrected chi connectivity index (χ3v) is 4.24. The van der Waals surface area contributed by atoms with Gasteiger partial charge in [0.05, 0.1) is 5.69 Å². The van der Waals surface area contributed by atoms with Gasteiger partial charge in [-0.05, 0) is 24.6 Å². The molecule has 0 unspecified atom stereocenters. The second-order valence-electron chi connectivity index (χ2n) is 5.94. The molecule has 0 amide bonds. The van der Waals surface area contributed by atoms with Crippen molar-refractivity contribution < 1.29 is 9.47 Å². The fraction of sp³-hybridized carbons (Fsp3) is 0.412. The molecule has 0 aliphatic carbocycles. The molecule has 3 heterocycles. The number of aryl methyl sites for hydroxylation is 1. The van der Waals surface area contributed by atoms with Crippen molar-refractivity contribution in [1.29, 1.82) is 5.26 Å².